The SMILES string of the molecule is C=CCOc1ccc(-c2nn(-c3ccccc3)cc2C=c2sc3nc(-c4ccc(OC)cc4)nn3c2=O)cc1C. The molecule has 0 unspecified atom stereocenters. The highest BCUT2D eigenvalue weighted by molar-refractivity contribution is 7.15. The molecule has 0 amide bonds. The third-order valence-corrected chi connectivity index (χ3v) is 7.34. The monoisotopic (exact) mass is 547 g/mol. The topological polar surface area (TPSA) is 83.5 Å². The predicted molar refractivity (Wildman–Crippen MR) is 157 cm³/mol. The Morgan fingerprint density at radius 2 is 1.77 bits per heavy atom. The first-order valence-electron chi connectivity index (χ1n) is 12.6. The van der Waals surface area contributed by atoms with Crippen molar-refractivity contribution >= 4 is 22.4 Å². The van der Waals surface area contributed by atoms with Crippen molar-refractivity contribution in [3.8, 4) is 39.8 Å². The number of para-hydroxylation sites is 1. The van der Waals surface area contributed by atoms with Gasteiger partial charge in [-0.2, -0.15) is 14.6 Å². The largest absolute Gasteiger partial charge is 0.497 e. The average Bonchev–Trinajstić information content (AvgIpc) is 3.68. The predicted octanol–water partition coefficient (Wildman–Crippen LogP) is 5.10. The van der Waals surface area contributed by atoms with Crippen molar-refractivity contribution in [1.29, 1.82) is 0 Å². The van der Waals surface area contributed by atoms with Gasteiger partial charge in [0.05, 0.1) is 17.3 Å². The molecule has 0 radical (unpaired) electrons. The number of aromatic nitrogens is 5. The van der Waals surface area contributed by atoms with Gasteiger partial charge in [0, 0.05) is 22.9 Å². The number of rotatable bonds is 8. The summed E-state index contributed by atoms with van der Waals surface area (Å²) in [6.45, 7) is 6.15. The van der Waals surface area contributed by atoms with Crippen LogP contribution in [-0.2, 0) is 0 Å². The van der Waals surface area contributed by atoms with E-state index in [0.717, 1.165) is 45.1 Å². The van der Waals surface area contributed by atoms with Gasteiger partial charge in [-0.1, -0.05) is 42.2 Å². The summed E-state index contributed by atoms with van der Waals surface area (Å²) in [6.07, 6.45) is 5.51. The molecule has 0 fully saturated rings. The van der Waals surface area contributed by atoms with Crippen molar-refractivity contribution < 1.29 is 9.47 Å². The summed E-state index contributed by atoms with van der Waals surface area (Å²) in [4.78, 5) is 18.5. The fourth-order valence-electron chi connectivity index (χ4n) is 4.37. The number of nitrogens with zero attached hydrogens (tertiary/aromatic N) is 5. The molecule has 3 aromatic carbocycles. The minimum absolute atomic E-state index is 0.227. The van der Waals surface area contributed by atoms with Gasteiger partial charge < -0.3 is 9.47 Å². The Hall–Kier alpha value is -5.02. The van der Waals surface area contributed by atoms with E-state index in [9.17, 15) is 4.79 Å². The molecule has 3 aromatic heterocycles. The summed E-state index contributed by atoms with van der Waals surface area (Å²) in [5, 5.41) is 9.38. The van der Waals surface area contributed by atoms with Crippen LogP contribution in [0.4, 0.5) is 0 Å². The van der Waals surface area contributed by atoms with Gasteiger partial charge in [-0.25, -0.2) is 4.68 Å². The van der Waals surface area contributed by atoms with Crippen molar-refractivity contribution in [3.63, 3.8) is 0 Å². The highest BCUT2D eigenvalue weighted by Crippen LogP contribution is 2.29. The van der Waals surface area contributed by atoms with E-state index < -0.39 is 0 Å². The van der Waals surface area contributed by atoms with Crippen molar-refractivity contribution in [2.75, 3.05) is 13.7 Å². The molecule has 8 nitrogen and oxygen atoms in total. The lowest BCUT2D eigenvalue weighted by atomic mass is 10.0. The molecule has 0 aliphatic rings. The summed E-state index contributed by atoms with van der Waals surface area (Å²) in [5.74, 6) is 2.02. The van der Waals surface area contributed by atoms with E-state index in [1.54, 1.807) is 13.2 Å². The Bertz CT molecular complexity index is 1940. The van der Waals surface area contributed by atoms with E-state index in [4.69, 9.17) is 14.6 Å². The number of fused-ring (bicyclic) bond motifs is 1. The number of ether oxygens (including phenoxy) is 2. The van der Waals surface area contributed by atoms with Gasteiger partial charge in [-0.05, 0) is 73.2 Å². The summed E-state index contributed by atoms with van der Waals surface area (Å²) < 4.78 is 14.7. The molecule has 40 heavy (non-hydrogen) atoms. The second-order valence-corrected chi connectivity index (χ2v) is 10.1. The van der Waals surface area contributed by atoms with Crippen LogP contribution in [0, 0.1) is 6.92 Å². The van der Waals surface area contributed by atoms with E-state index >= 15 is 0 Å². The molecule has 0 saturated heterocycles. The van der Waals surface area contributed by atoms with Crippen LogP contribution in [0.25, 0.3) is 39.4 Å². The Balaban J connectivity index is 1.44. The zero-order valence-corrected chi connectivity index (χ0v) is 22.8. The van der Waals surface area contributed by atoms with Crippen LogP contribution in [0.1, 0.15) is 11.1 Å². The van der Waals surface area contributed by atoms with Gasteiger partial charge in [-0.3, -0.25) is 4.79 Å². The zero-order chi connectivity index (χ0) is 27.6. The van der Waals surface area contributed by atoms with Gasteiger partial charge in [0.2, 0.25) is 4.96 Å². The number of thiazole rings is 1. The van der Waals surface area contributed by atoms with E-state index in [2.05, 4.69) is 16.7 Å². The fraction of sp³-hybridized carbons (Fsp3) is 0.0968. The molecular weight excluding hydrogens is 522 g/mol. The number of methoxy groups -OCH3 is 1. The van der Waals surface area contributed by atoms with Crippen molar-refractivity contribution in [1.82, 2.24) is 24.4 Å². The Morgan fingerprint density at radius 1 is 1.00 bits per heavy atom. The number of hydrogen-bond acceptors (Lipinski definition) is 7. The van der Waals surface area contributed by atoms with Crippen LogP contribution in [0.15, 0.2) is 96.4 Å². The first kappa shape index (κ1) is 25.3. The molecule has 0 N–H and O–H groups in total. The fourth-order valence-corrected chi connectivity index (χ4v) is 5.27. The first-order chi connectivity index (χ1) is 19.5. The molecular formula is C31H25N5O3S. The average molecular weight is 548 g/mol. The number of aryl methyl sites for hydroxylation is 1. The van der Waals surface area contributed by atoms with Crippen LogP contribution in [0.5, 0.6) is 11.5 Å². The van der Waals surface area contributed by atoms with Gasteiger partial charge >= 0.3 is 0 Å². The van der Waals surface area contributed by atoms with E-state index in [1.165, 1.54) is 15.9 Å². The van der Waals surface area contributed by atoms with Gasteiger partial charge in [0.15, 0.2) is 5.82 Å². The minimum Gasteiger partial charge on any atom is -0.497 e. The standard InChI is InChI=1S/C31H25N5O3S/c1-4-16-39-26-15-12-22(17-20(26)2)28-23(19-35(33-28)24-8-6-5-7-9-24)18-27-30(37)36-31(40-27)32-29(34-36)21-10-13-25(38-3)14-11-21/h4-15,17-19H,1,16H2,2-3H3. The molecule has 0 saturated carbocycles. The smallest absolute Gasteiger partial charge is 0.291 e. The van der Waals surface area contributed by atoms with E-state index in [-0.39, 0.29) is 5.56 Å². The maximum atomic E-state index is 13.4. The Labute approximate surface area is 234 Å². The highest BCUT2D eigenvalue weighted by Gasteiger charge is 2.16. The van der Waals surface area contributed by atoms with Crippen molar-refractivity contribution in [2.45, 2.75) is 6.92 Å². The molecule has 6 rings (SSSR count). The summed E-state index contributed by atoms with van der Waals surface area (Å²) in [5.41, 5.74) is 4.95. The summed E-state index contributed by atoms with van der Waals surface area (Å²) in [6, 6.07) is 23.2. The van der Waals surface area contributed by atoms with Gasteiger partial charge in [0.25, 0.3) is 5.56 Å². The second-order valence-electron chi connectivity index (χ2n) is 9.07. The molecule has 6 aromatic rings. The van der Waals surface area contributed by atoms with E-state index in [1.807, 2.05) is 96.7 Å². The maximum Gasteiger partial charge on any atom is 0.291 e. The minimum atomic E-state index is -0.227. The summed E-state index contributed by atoms with van der Waals surface area (Å²) in [7, 11) is 1.62. The van der Waals surface area contributed by atoms with Crippen molar-refractivity contribution in [2.24, 2.45) is 0 Å². The highest BCUT2D eigenvalue weighted by atomic mass is 32.1. The molecule has 3 heterocycles. The van der Waals surface area contributed by atoms with Crippen LogP contribution in [-0.4, -0.2) is 38.1 Å². The first-order valence-corrected chi connectivity index (χ1v) is 13.4. The molecule has 9 heteroatoms. The molecule has 0 bridgehead atoms. The normalized spacial score (nSPS) is 11.7. The molecule has 0 aliphatic carbocycles. The Morgan fingerprint density at radius 3 is 2.48 bits per heavy atom. The van der Waals surface area contributed by atoms with Gasteiger partial charge in [0.1, 0.15) is 23.8 Å². The van der Waals surface area contributed by atoms with Crippen LogP contribution in [0.2, 0.25) is 0 Å². The maximum absolute atomic E-state index is 13.4. The quantitative estimate of drug-likeness (QED) is 0.247. The third kappa shape index (κ3) is 4.78. The van der Waals surface area contributed by atoms with Crippen LogP contribution in [0.3, 0.4) is 0 Å². The molecule has 198 valence electrons. The number of hydrogen-bond donors (Lipinski definition) is 0. The van der Waals surface area contributed by atoms with E-state index in [0.29, 0.717) is 21.9 Å². The Kier molecular flexibility index (Phi) is 6.71. The molecule has 0 spiro atoms. The number of benzene rings is 3. The lowest BCUT2D eigenvalue weighted by Crippen LogP contribution is -2.23. The third-order valence-electron chi connectivity index (χ3n) is 6.39. The molecule has 0 atom stereocenters. The second kappa shape index (κ2) is 10.6. The van der Waals surface area contributed by atoms with Gasteiger partial charge in [-0.15, -0.1) is 5.10 Å². The molecule has 0 aliphatic heterocycles. The van der Waals surface area contributed by atoms with Crippen LogP contribution >= 0.6 is 11.3 Å². The lowest BCUT2D eigenvalue weighted by molar-refractivity contribution is 0.361. The van der Waals surface area contributed by atoms with Crippen molar-refractivity contribution in [3.05, 3.63) is 118 Å². The van der Waals surface area contributed by atoms with Crippen LogP contribution < -0.4 is 19.6 Å². The lowest BCUT2D eigenvalue weighted by Gasteiger charge is -2.08. The summed E-state index contributed by atoms with van der Waals surface area (Å²) >= 11 is 1.30. The zero-order valence-electron chi connectivity index (χ0n) is 21.9.